The first-order valence-corrected chi connectivity index (χ1v) is 8.33. The van der Waals surface area contributed by atoms with Crippen LogP contribution in [0.5, 0.6) is 0 Å². The predicted molar refractivity (Wildman–Crippen MR) is 87.9 cm³/mol. The Morgan fingerprint density at radius 3 is 2.77 bits per heavy atom. The molecular formula is C16H24N2O3S. The molecule has 1 aliphatic heterocycles. The number of hydrogen-bond acceptors (Lipinski definition) is 5. The number of nitrogens with zero attached hydrogens (tertiary/aromatic N) is 1. The maximum absolute atomic E-state index is 11.8. The average Bonchev–Trinajstić information content (AvgIpc) is 2.93. The molecule has 22 heavy (non-hydrogen) atoms. The normalized spacial score (nSPS) is 18.5. The van der Waals surface area contributed by atoms with Gasteiger partial charge in [0.2, 0.25) is 5.91 Å². The van der Waals surface area contributed by atoms with Crippen LogP contribution in [0.2, 0.25) is 0 Å². The number of amides is 1. The van der Waals surface area contributed by atoms with Gasteiger partial charge in [-0.05, 0) is 6.08 Å². The lowest BCUT2D eigenvalue weighted by molar-refractivity contribution is -0.119. The molecule has 2 heterocycles. The third-order valence-corrected chi connectivity index (χ3v) is 4.97. The van der Waals surface area contributed by atoms with E-state index in [0.29, 0.717) is 26.1 Å². The third kappa shape index (κ3) is 4.90. The highest BCUT2D eigenvalue weighted by molar-refractivity contribution is 7.12. The highest BCUT2D eigenvalue weighted by Gasteiger charge is 2.29. The molecule has 0 radical (unpaired) electrons. The highest BCUT2D eigenvalue weighted by atomic mass is 32.1. The lowest BCUT2D eigenvalue weighted by Crippen LogP contribution is -2.46. The second-order valence-corrected chi connectivity index (χ2v) is 7.77. The van der Waals surface area contributed by atoms with Crippen LogP contribution in [0.4, 0.5) is 0 Å². The summed E-state index contributed by atoms with van der Waals surface area (Å²) in [4.78, 5) is 17.2. The largest absolute Gasteiger partial charge is 0.388 e. The van der Waals surface area contributed by atoms with E-state index in [0.717, 1.165) is 9.88 Å². The first-order valence-electron chi connectivity index (χ1n) is 7.51. The highest BCUT2D eigenvalue weighted by Crippen LogP contribution is 2.27. The van der Waals surface area contributed by atoms with Crippen molar-refractivity contribution in [3.63, 3.8) is 0 Å². The molecule has 0 spiro atoms. The van der Waals surface area contributed by atoms with Gasteiger partial charge in [-0.3, -0.25) is 4.79 Å². The minimum atomic E-state index is -0.842. The van der Waals surface area contributed by atoms with Crippen LogP contribution in [0.15, 0.2) is 12.3 Å². The Morgan fingerprint density at radius 2 is 2.18 bits per heavy atom. The van der Waals surface area contributed by atoms with Gasteiger partial charge in [-0.2, -0.15) is 0 Å². The molecule has 122 valence electrons. The fraction of sp³-hybridized carbons (Fsp3) is 0.625. The van der Waals surface area contributed by atoms with E-state index in [1.54, 1.807) is 23.6 Å². The van der Waals surface area contributed by atoms with Crippen LogP contribution >= 0.6 is 11.3 Å². The van der Waals surface area contributed by atoms with Crippen LogP contribution < -0.4 is 5.32 Å². The van der Waals surface area contributed by atoms with Crippen LogP contribution in [0.1, 0.15) is 43.5 Å². The number of aliphatic hydroxyl groups is 1. The van der Waals surface area contributed by atoms with Gasteiger partial charge in [-0.15, -0.1) is 11.3 Å². The monoisotopic (exact) mass is 324 g/mol. The fourth-order valence-corrected chi connectivity index (χ4v) is 2.98. The minimum absolute atomic E-state index is 0.0192. The zero-order valence-electron chi connectivity index (χ0n) is 13.4. The van der Waals surface area contributed by atoms with E-state index in [9.17, 15) is 9.90 Å². The van der Waals surface area contributed by atoms with Gasteiger partial charge < -0.3 is 15.2 Å². The van der Waals surface area contributed by atoms with E-state index >= 15 is 0 Å². The Bertz CT molecular complexity index is 540. The Kier molecular flexibility index (Phi) is 5.36. The standard InChI is InChI=1S/C16H24N2O3S/c1-15(2,3)14-17-10-12(22-14)4-5-13(19)18-11-16(20)6-8-21-9-7-16/h4-5,10,20H,6-9,11H2,1-3H3,(H,18,19). The van der Waals surface area contributed by atoms with Crippen molar-refractivity contribution in [1.82, 2.24) is 10.3 Å². The summed E-state index contributed by atoms with van der Waals surface area (Å²) < 4.78 is 5.21. The molecule has 0 aromatic carbocycles. The lowest BCUT2D eigenvalue weighted by atomic mass is 9.94. The molecule has 1 aromatic rings. The summed E-state index contributed by atoms with van der Waals surface area (Å²) in [6, 6.07) is 0. The van der Waals surface area contributed by atoms with Gasteiger partial charge >= 0.3 is 0 Å². The van der Waals surface area contributed by atoms with E-state index in [2.05, 4.69) is 31.1 Å². The van der Waals surface area contributed by atoms with Gasteiger partial charge in [0.1, 0.15) is 0 Å². The van der Waals surface area contributed by atoms with E-state index in [4.69, 9.17) is 4.74 Å². The molecule has 0 saturated carbocycles. The van der Waals surface area contributed by atoms with Gasteiger partial charge in [0.15, 0.2) is 0 Å². The number of aromatic nitrogens is 1. The first-order chi connectivity index (χ1) is 10.3. The van der Waals surface area contributed by atoms with Gasteiger partial charge in [0.05, 0.1) is 10.6 Å². The molecule has 0 unspecified atom stereocenters. The summed E-state index contributed by atoms with van der Waals surface area (Å²) >= 11 is 1.58. The van der Waals surface area contributed by atoms with E-state index in [-0.39, 0.29) is 17.9 Å². The maximum atomic E-state index is 11.8. The number of hydrogen-bond donors (Lipinski definition) is 2. The van der Waals surface area contributed by atoms with Gasteiger partial charge in [0.25, 0.3) is 0 Å². The third-order valence-electron chi connectivity index (χ3n) is 3.58. The van der Waals surface area contributed by atoms with E-state index < -0.39 is 5.60 Å². The summed E-state index contributed by atoms with van der Waals surface area (Å²) in [7, 11) is 0. The summed E-state index contributed by atoms with van der Waals surface area (Å²) in [5, 5.41) is 14.1. The van der Waals surface area contributed by atoms with Crippen molar-refractivity contribution in [1.29, 1.82) is 0 Å². The molecule has 1 aromatic heterocycles. The van der Waals surface area contributed by atoms with Crippen molar-refractivity contribution in [2.75, 3.05) is 19.8 Å². The fourth-order valence-electron chi connectivity index (χ4n) is 2.11. The second-order valence-electron chi connectivity index (χ2n) is 6.71. The molecule has 1 amide bonds. The van der Waals surface area contributed by atoms with Crippen molar-refractivity contribution in [2.45, 2.75) is 44.6 Å². The Labute approximate surface area is 135 Å². The molecule has 1 fully saturated rings. The molecule has 0 bridgehead atoms. The van der Waals surface area contributed by atoms with Crippen molar-refractivity contribution < 1.29 is 14.6 Å². The Balaban J connectivity index is 1.85. The van der Waals surface area contributed by atoms with Gasteiger partial charge in [0, 0.05) is 55.2 Å². The van der Waals surface area contributed by atoms with Gasteiger partial charge in [-0.25, -0.2) is 4.98 Å². The number of rotatable bonds is 4. The van der Waals surface area contributed by atoms with Crippen LogP contribution in [0.3, 0.4) is 0 Å². The minimum Gasteiger partial charge on any atom is -0.388 e. The number of carbonyl (C=O) groups is 1. The van der Waals surface area contributed by atoms with Crippen molar-refractivity contribution >= 4 is 23.3 Å². The topological polar surface area (TPSA) is 71.5 Å². The zero-order valence-corrected chi connectivity index (χ0v) is 14.2. The van der Waals surface area contributed by atoms with Crippen LogP contribution in [0, 0.1) is 0 Å². The Hall–Kier alpha value is -1.24. The smallest absolute Gasteiger partial charge is 0.244 e. The second kappa shape index (κ2) is 6.89. The molecule has 2 N–H and O–H groups in total. The number of thiazole rings is 1. The van der Waals surface area contributed by atoms with E-state index in [1.807, 2.05) is 0 Å². The number of nitrogens with one attached hydrogen (secondary N) is 1. The SMILES string of the molecule is CC(C)(C)c1ncc(C=CC(=O)NCC2(O)CCOCC2)s1. The molecule has 2 rings (SSSR count). The van der Waals surface area contributed by atoms with Crippen molar-refractivity contribution in [3.8, 4) is 0 Å². The molecule has 6 heteroatoms. The van der Waals surface area contributed by atoms with Crippen molar-refractivity contribution in [2.24, 2.45) is 0 Å². The quantitative estimate of drug-likeness (QED) is 0.832. The molecule has 0 atom stereocenters. The predicted octanol–water partition coefficient (Wildman–Crippen LogP) is 2.11. The molecular weight excluding hydrogens is 300 g/mol. The summed E-state index contributed by atoms with van der Waals surface area (Å²) in [5.74, 6) is -0.203. The van der Waals surface area contributed by atoms with Crippen LogP contribution in [0.25, 0.3) is 6.08 Å². The molecule has 1 aliphatic rings. The lowest BCUT2D eigenvalue weighted by Gasteiger charge is -2.31. The summed E-state index contributed by atoms with van der Waals surface area (Å²) in [6.07, 6.45) is 6.14. The van der Waals surface area contributed by atoms with Gasteiger partial charge in [-0.1, -0.05) is 20.8 Å². The summed E-state index contributed by atoms with van der Waals surface area (Å²) in [5.41, 5.74) is -0.822. The maximum Gasteiger partial charge on any atom is 0.244 e. The summed E-state index contributed by atoms with van der Waals surface area (Å²) in [6.45, 7) is 7.68. The first kappa shape index (κ1) is 17.1. The molecule has 1 saturated heterocycles. The number of ether oxygens (including phenoxy) is 1. The zero-order chi connectivity index (χ0) is 16.2. The van der Waals surface area contributed by atoms with Crippen LogP contribution in [-0.2, 0) is 14.9 Å². The van der Waals surface area contributed by atoms with Crippen molar-refractivity contribution in [3.05, 3.63) is 22.2 Å². The van der Waals surface area contributed by atoms with E-state index in [1.165, 1.54) is 6.08 Å². The van der Waals surface area contributed by atoms with Crippen LogP contribution in [-0.4, -0.2) is 41.4 Å². The molecule has 5 nitrogen and oxygen atoms in total. The number of carbonyl (C=O) groups excluding carboxylic acids is 1. The molecule has 0 aliphatic carbocycles. The Morgan fingerprint density at radius 1 is 1.50 bits per heavy atom. The average molecular weight is 324 g/mol.